The third-order valence-electron chi connectivity index (χ3n) is 2.24. The molecule has 1 heterocycles. The van der Waals surface area contributed by atoms with Gasteiger partial charge >= 0.3 is 0 Å². The van der Waals surface area contributed by atoms with Crippen molar-refractivity contribution >= 4 is 17.5 Å². The van der Waals surface area contributed by atoms with Crippen LogP contribution in [0.5, 0.6) is 0 Å². The number of halogens is 2. The molecular formula is C10H8F2N2O2. The molecule has 1 N–H and O–H groups in total. The van der Waals surface area contributed by atoms with Crippen LogP contribution in [0.2, 0.25) is 0 Å². The van der Waals surface area contributed by atoms with E-state index in [4.69, 9.17) is 0 Å². The molecule has 84 valence electrons. The van der Waals surface area contributed by atoms with E-state index in [0.29, 0.717) is 6.07 Å². The molecule has 1 saturated heterocycles. The van der Waals surface area contributed by atoms with Gasteiger partial charge in [0, 0.05) is 6.07 Å². The maximum absolute atomic E-state index is 13.4. The molecular weight excluding hydrogens is 218 g/mol. The molecule has 1 aromatic carbocycles. The Morgan fingerprint density at radius 3 is 2.69 bits per heavy atom. The fourth-order valence-corrected chi connectivity index (χ4v) is 1.48. The number of carbonyl (C=O) groups excluding carboxylic acids is 2. The third-order valence-corrected chi connectivity index (χ3v) is 2.24. The van der Waals surface area contributed by atoms with Crippen molar-refractivity contribution in [3.05, 3.63) is 29.8 Å². The lowest BCUT2D eigenvalue weighted by Crippen LogP contribution is -2.52. The van der Waals surface area contributed by atoms with Gasteiger partial charge in [-0.15, -0.1) is 0 Å². The van der Waals surface area contributed by atoms with Crippen molar-refractivity contribution in [3.63, 3.8) is 0 Å². The van der Waals surface area contributed by atoms with E-state index < -0.39 is 17.5 Å². The second-order valence-electron chi connectivity index (χ2n) is 3.35. The SMILES string of the molecule is O=C1CN(c2ccc(F)cc2F)C(=O)CN1. The Balaban J connectivity index is 2.35. The molecule has 0 aromatic heterocycles. The van der Waals surface area contributed by atoms with Crippen molar-refractivity contribution in [1.29, 1.82) is 0 Å². The van der Waals surface area contributed by atoms with Gasteiger partial charge in [0.15, 0.2) is 0 Å². The largest absolute Gasteiger partial charge is 0.345 e. The highest BCUT2D eigenvalue weighted by Gasteiger charge is 2.26. The molecule has 0 aliphatic carbocycles. The summed E-state index contributed by atoms with van der Waals surface area (Å²) >= 11 is 0. The molecule has 1 fully saturated rings. The molecule has 0 saturated carbocycles. The molecule has 4 nitrogen and oxygen atoms in total. The Labute approximate surface area is 89.8 Å². The first-order valence-corrected chi connectivity index (χ1v) is 4.60. The molecule has 2 rings (SSSR count). The lowest BCUT2D eigenvalue weighted by molar-refractivity contribution is -0.128. The number of carbonyl (C=O) groups is 2. The van der Waals surface area contributed by atoms with E-state index in [2.05, 4.69) is 5.32 Å². The monoisotopic (exact) mass is 226 g/mol. The molecule has 16 heavy (non-hydrogen) atoms. The molecule has 0 atom stereocenters. The smallest absolute Gasteiger partial charge is 0.246 e. The molecule has 2 amide bonds. The minimum atomic E-state index is -0.858. The van der Waals surface area contributed by atoms with Crippen molar-refractivity contribution in [1.82, 2.24) is 5.32 Å². The van der Waals surface area contributed by atoms with Crippen LogP contribution in [0.3, 0.4) is 0 Å². The fraction of sp³-hybridized carbons (Fsp3) is 0.200. The van der Waals surface area contributed by atoms with Crippen molar-refractivity contribution in [2.45, 2.75) is 0 Å². The first kappa shape index (κ1) is 10.5. The summed E-state index contributed by atoms with van der Waals surface area (Å²) in [6.07, 6.45) is 0. The van der Waals surface area contributed by atoms with Crippen molar-refractivity contribution in [3.8, 4) is 0 Å². The summed E-state index contributed by atoms with van der Waals surface area (Å²) in [5.41, 5.74) is -0.0822. The van der Waals surface area contributed by atoms with E-state index in [9.17, 15) is 18.4 Å². The zero-order valence-electron chi connectivity index (χ0n) is 8.17. The van der Waals surface area contributed by atoms with E-state index >= 15 is 0 Å². The zero-order chi connectivity index (χ0) is 11.7. The Hall–Kier alpha value is -1.98. The van der Waals surface area contributed by atoms with Gasteiger partial charge in [-0.25, -0.2) is 8.78 Å². The van der Waals surface area contributed by atoms with Gasteiger partial charge in [-0.2, -0.15) is 0 Å². The first-order chi connectivity index (χ1) is 7.58. The molecule has 1 aliphatic heterocycles. The predicted octanol–water partition coefficient (Wildman–Crippen LogP) is 0.428. The highest BCUT2D eigenvalue weighted by molar-refractivity contribution is 6.04. The molecule has 1 aromatic rings. The molecule has 6 heteroatoms. The number of anilines is 1. The maximum Gasteiger partial charge on any atom is 0.246 e. The third kappa shape index (κ3) is 1.86. The second-order valence-corrected chi connectivity index (χ2v) is 3.35. The molecule has 1 aliphatic rings. The first-order valence-electron chi connectivity index (χ1n) is 4.60. The second kappa shape index (κ2) is 3.88. The predicted molar refractivity (Wildman–Crippen MR) is 51.7 cm³/mol. The molecule has 0 spiro atoms. The summed E-state index contributed by atoms with van der Waals surface area (Å²) in [5, 5.41) is 2.34. The van der Waals surface area contributed by atoms with Gasteiger partial charge in [0.05, 0.1) is 12.2 Å². The number of nitrogens with zero attached hydrogens (tertiary/aromatic N) is 1. The van der Waals surface area contributed by atoms with Crippen LogP contribution < -0.4 is 10.2 Å². The van der Waals surface area contributed by atoms with E-state index in [1.807, 2.05) is 0 Å². The average molecular weight is 226 g/mol. The van der Waals surface area contributed by atoms with Crippen LogP contribution >= 0.6 is 0 Å². The van der Waals surface area contributed by atoms with E-state index in [1.165, 1.54) is 0 Å². The summed E-state index contributed by atoms with van der Waals surface area (Å²) in [5.74, 6) is -2.38. The number of nitrogens with one attached hydrogen (secondary N) is 1. The number of piperazine rings is 1. The number of benzene rings is 1. The van der Waals surface area contributed by atoms with Gasteiger partial charge in [-0.3, -0.25) is 14.5 Å². The average Bonchev–Trinajstić information content (AvgIpc) is 2.22. The minimum Gasteiger partial charge on any atom is -0.345 e. The van der Waals surface area contributed by atoms with Crippen LogP contribution in [-0.4, -0.2) is 24.9 Å². The van der Waals surface area contributed by atoms with E-state index in [-0.39, 0.29) is 24.7 Å². The Morgan fingerprint density at radius 2 is 2.00 bits per heavy atom. The summed E-state index contributed by atoms with van der Waals surface area (Å²) in [7, 11) is 0. The van der Waals surface area contributed by atoms with Gasteiger partial charge < -0.3 is 5.32 Å². The van der Waals surface area contributed by atoms with Crippen molar-refractivity contribution in [2.24, 2.45) is 0 Å². The minimum absolute atomic E-state index is 0.0822. The van der Waals surface area contributed by atoms with E-state index in [1.54, 1.807) is 0 Å². The van der Waals surface area contributed by atoms with Gasteiger partial charge in [0.1, 0.15) is 18.2 Å². The van der Waals surface area contributed by atoms with Gasteiger partial charge in [-0.1, -0.05) is 0 Å². The van der Waals surface area contributed by atoms with Crippen LogP contribution in [0, 0.1) is 11.6 Å². The van der Waals surface area contributed by atoms with Crippen LogP contribution in [0.15, 0.2) is 18.2 Å². The standard InChI is InChI=1S/C10H8F2N2O2/c11-6-1-2-8(7(12)3-6)14-5-9(15)13-4-10(14)16/h1-3H,4-5H2,(H,13,15). The maximum atomic E-state index is 13.4. The molecule has 0 bridgehead atoms. The van der Waals surface area contributed by atoms with Gasteiger partial charge in [-0.05, 0) is 12.1 Å². The number of amides is 2. The van der Waals surface area contributed by atoms with Gasteiger partial charge in [0.2, 0.25) is 11.8 Å². The molecule has 0 unspecified atom stereocenters. The fourth-order valence-electron chi connectivity index (χ4n) is 1.48. The quantitative estimate of drug-likeness (QED) is 0.754. The van der Waals surface area contributed by atoms with Gasteiger partial charge in [0.25, 0.3) is 0 Å². The van der Waals surface area contributed by atoms with Crippen LogP contribution in [0.1, 0.15) is 0 Å². The number of hydrogen-bond acceptors (Lipinski definition) is 2. The Morgan fingerprint density at radius 1 is 1.25 bits per heavy atom. The van der Waals surface area contributed by atoms with Crippen molar-refractivity contribution < 1.29 is 18.4 Å². The lowest BCUT2D eigenvalue weighted by Gasteiger charge is -2.26. The summed E-state index contributed by atoms with van der Waals surface area (Å²) in [6, 6.07) is 2.86. The number of hydrogen-bond donors (Lipinski definition) is 1. The van der Waals surface area contributed by atoms with Crippen LogP contribution in [0.25, 0.3) is 0 Å². The summed E-state index contributed by atoms with van der Waals surface area (Å²) < 4.78 is 26.0. The normalized spacial score (nSPS) is 16.2. The van der Waals surface area contributed by atoms with Crippen LogP contribution in [-0.2, 0) is 9.59 Å². The van der Waals surface area contributed by atoms with E-state index in [0.717, 1.165) is 17.0 Å². The summed E-state index contributed by atoms with van der Waals surface area (Å²) in [6.45, 7) is -0.420. The Bertz CT molecular complexity index is 462. The van der Waals surface area contributed by atoms with Crippen molar-refractivity contribution in [2.75, 3.05) is 18.0 Å². The number of rotatable bonds is 1. The molecule has 0 radical (unpaired) electrons. The highest BCUT2D eigenvalue weighted by Crippen LogP contribution is 2.20. The Kier molecular flexibility index (Phi) is 2.55. The topological polar surface area (TPSA) is 49.4 Å². The zero-order valence-corrected chi connectivity index (χ0v) is 8.17. The lowest BCUT2D eigenvalue weighted by atomic mass is 10.2. The van der Waals surface area contributed by atoms with Crippen LogP contribution in [0.4, 0.5) is 14.5 Å². The highest BCUT2D eigenvalue weighted by atomic mass is 19.1. The summed E-state index contributed by atoms with van der Waals surface area (Å²) in [4.78, 5) is 23.5.